The van der Waals surface area contributed by atoms with Crippen molar-refractivity contribution in [2.45, 2.75) is 51.8 Å². The molecule has 1 rings (SSSR count). The van der Waals surface area contributed by atoms with E-state index < -0.39 is 30.4 Å². The second-order valence-corrected chi connectivity index (χ2v) is 3.96. The van der Waals surface area contributed by atoms with Gasteiger partial charge in [-0.25, -0.2) is 0 Å². The SMILES string of the molecule is CO[C@H]1C[C@H](OC(C)=O)[C@@H](OC(C)=O)[C@H](C)O1. The first-order valence-corrected chi connectivity index (χ1v) is 5.46. The summed E-state index contributed by atoms with van der Waals surface area (Å²) in [6.07, 6.45) is -1.63. The van der Waals surface area contributed by atoms with Crippen LogP contribution in [0.4, 0.5) is 0 Å². The van der Waals surface area contributed by atoms with Gasteiger partial charge in [0, 0.05) is 27.4 Å². The van der Waals surface area contributed by atoms with Gasteiger partial charge < -0.3 is 18.9 Å². The summed E-state index contributed by atoms with van der Waals surface area (Å²) in [5, 5.41) is 0. The average molecular weight is 246 g/mol. The Hall–Kier alpha value is -1.14. The molecule has 1 heterocycles. The van der Waals surface area contributed by atoms with Crippen molar-refractivity contribution in [3.05, 3.63) is 0 Å². The molecule has 6 nitrogen and oxygen atoms in total. The zero-order valence-electron chi connectivity index (χ0n) is 10.5. The van der Waals surface area contributed by atoms with Gasteiger partial charge in [0.1, 0.15) is 6.10 Å². The van der Waals surface area contributed by atoms with Crippen molar-refractivity contribution in [1.29, 1.82) is 0 Å². The molecule has 17 heavy (non-hydrogen) atoms. The Morgan fingerprint density at radius 2 is 1.76 bits per heavy atom. The van der Waals surface area contributed by atoms with Gasteiger partial charge in [-0.3, -0.25) is 9.59 Å². The molecule has 0 bridgehead atoms. The van der Waals surface area contributed by atoms with Gasteiger partial charge >= 0.3 is 11.9 Å². The molecule has 4 atom stereocenters. The molecular weight excluding hydrogens is 228 g/mol. The van der Waals surface area contributed by atoms with Gasteiger partial charge in [0.05, 0.1) is 6.10 Å². The third-order valence-corrected chi connectivity index (χ3v) is 2.50. The number of rotatable bonds is 3. The van der Waals surface area contributed by atoms with Crippen molar-refractivity contribution in [3.8, 4) is 0 Å². The van der Waals surface area contributed by atoms with Crippen molar-refractivity contribution in [2.75, 3.05) is 7.11 Å². The quantitative estimate of drug-likeness (QED) is 0.680. The van der Waals surface area contributed by atoms with Crippen molar-refractivity contribution in [3.63, 3.8) is 0 Å². The Morgan fingerprint density at radius 1 is 1.18 bits per heavy atom. The van der Waals surface area contributed by atoms with Gasteiger partial charge in [-0.1, -0.05) is 0 Å². The second kappa shape index (κ2) is 5.97. The van der Waals surface area contributed by atoms with E-state index in [0.717, 1.165) is 0 Å². The fourth-order valence-electron chi connectivity index (χ4n) is 1.84. The summed E-state index contributed by atoms with van der Waals surface area (Å²) in [6.45, 7) is 4.36. The molecule has 0 spiro atoms. The lowest BCUT2D eigenvalue weighted by atomic mass is 10.0. The minimum Gasteiger partial charge on any atom is -0.458 e. The Kier molecular flexibility index (Phi) is 4.89. The fourth-order valence-corrected chi connectivity index (χ4v) is 1.84. The van der Waals surface area contributed by atoms with E-state index in [4.69, 9.17) is 18.9 Å². The molecule has 0 radical (unpaired) electrons. The number of esters is 2. The van der Waals surface area contributed by atoms with Crippen LogP contribution in [0, 0.1) is 0 Å². The van der Waals surface area contributed by atoms with E-state index in [2.05, 4.69) is 0 Å². The molecule has 0 saturated carbocycles. The smallest absolute Gasteiger partial charge is 0.303 e. The normalized spacial score (nSPS) is 32.9. The Bertz CT molecular complexity index is 290. The van der Waals surface area contributed by atoms with Crippen LogP contribution in [0.3, 0.4) is 0 Å². The highest BCUT2D eigenvalue weighted by atomic mass is 16.7. The number of hydrogen-bond acceptors (Lipinski definition) is 6. The molecule has 0 aromatic heterocycles. The van der Waals surface area contributed by atoms with E-state index in [-0.39, 0.29) is 6.10 Å². The van der Waals surface area contributed by atoms with Gasteiger partial charge in [-0.15, -0.1) is 0 Å². The van der Waals surface area contributed by atoms with Crippen LogP contribution in [-0.4, -0.2) is 43.7 Å². The molecule has 6 heteroatoms. The lowest BCUT2D eigenvalue weighted by molar-refractivity contribution is -0.248. The highest BCUT2D eigenvalue weighted by Crippen LogP contribution is 2.25. The van der Waals surface area contributed by atoms with Gasteiger partial charge in [0.15, 0.2) is 12.4 Å². The molecule has 0 amide bonds. The van der Waals surface area contributed by atoms with Crippen LogP contribution in [0.15, 0.2) is 0 Å². The molecular formula is C11H18O6. The van der Waals surface area contributed by atoms with Crippen molar-refractivity contribution in [1.82, 2.24) is 0 Å². The summed E-state index contributed by atoms with van der Waals surface area (Å²) in [7, 11) is 1.51. The van der Waals surface area contributed by atoms with Gasteiger partial charge in [-0.2, -0.15) is 0 Å². The largest absolute Gasteiger partial charge is 0.458 e. The van der Waals surface area contributed by atoms with E-state index >= 15 is 0 Å². The van der Waals surface area contributed by atoms with Crippen LogP contribution in [0.5, 0.6) is 0 Å². The van der Waals surface area contributed by atoms with Crippen molar-refractivity contribution < 1.29 is 28.5 Å². The Balaban J connectivity index is 2.74. The maximum absolute atomic E-state index is 11.0. The van der Waals surface area contributed by atoms with Gasteiger partial charge in [-0.05, 0) is 6.92 Å². The number of methoxy groups -OCH3 is 1. The molecule has 98 valence electrons. The van der Waals surface area contributed by atoms with E-state index in [0.29, 0.717) is 6.42 Å². The van der Waals surface area contributed by atoms with E-state index in [1.165, 1.54) is 21.0 Å². The number of ether oxygens (including phenoxy) is 4. The molecule has 1 fully saturated rings. The molecule has 0 N–H and O–H groups in total. The second-order valence-electron chi connectivity index (χ2n) is 3.96. The maximum atomic E-state index is 11.0. The zero-order valence-corrected chi connectivity index (χ0v) is 10.5. The van der Waals surface area contributed by atoms with Crippen molar-refractivity contribution in [2.24, 2.45) is 0 Å². The van der Waals surface area contributed by atoms with Crippen LogP contribution in [0.25, 0.3) is 0 Å². The summed E-state index contributed by atoms with van der Waals surface area (Å²) >= 11 is 0. The molecule has 1 aliphatic rings. The number of hydrogen-bond donors (Lipinski definition) is 0. The monoisotopic (exact) mass is 246 g/mol. The summed E-state index contributed by atoms with van der Waals surface area (Å²) in [4.78, 5) is 22.0. The van der Waals surface area contributed by atoms with Crippen LogP contribution in [0.2, 0.25) is 0 Å². The predicted molar refractivity (Wildman–Crippen MR) is 57.1 cm³/mol. The van der Waals surface area contributed by atoms with Crippen LogP contribution < -0.4 is 0 Å². The maximum Gasteiger partial charge on any atom is 0.303 e. The molecule has 0 aliphatic carbocycles. The summed E-state index contributed by atoms with van der Waals surface area (Å²) in [5.41, 5.74) is 0. The minimum atomic E-state index is -0.595. The van der Waals surface area contributed by atoms with Gasteiger partial charge in [0.2, 0.25) is 0 Å². The first kappa shape index (κ1) is 13.9. The standard InChI is InChI=1S/C11H18O6/c1-6-11(17-8(3)13)9(16-7(2)12)5-10(14-4)15-6/h6,9-11H,5H2,1-4H3/t6-,9-,10+,11-/m0/s1. The highest BCUT2D eigenvalue weighted by molar-refractivity contribution is 5.67. The first-order valence-electron chi connectivity index (χ1n) is 5.46. The van der Waals surface area contributed by atoms with E-state index in [9.17, 15) is 9.59 Å². The highest BCUT2D eigenvalue weighted by Gasteiger charge is 2.40. The Labute approximate surface area is 100 Å². The molecule has 1 saturated heterocycles. The Morgan fingerprint density at radius 3 is 2.24 bits per heavy atom. The molecule has 0 aromatic rings. The van der Waals surface area contributed by atoms with E-state index in [1.807, 2.05) is 0 Å². The third-order valence-electron chi connectivity index (χ3n) is 2.50. The van der Waals surface area contributed by atoms with Crippen LogP contribution >= 0.6 is 0 Å². The molecule has 0 aromatic carbocycles. The average Bonchev–Trinajstić information content (AvgIpc) is 2.21. The summed E-state index contributed by atoms with van der Waals surface area (Å²) < 4.78 is 20.8. The predicted octanol–water partition coefficient (Wildman–Crippen LogP) is 0.631. The minimum absolute atomic E-state index is 0.346. The van der Waals surface area contributed by atoms with Crippen LogP contribution in [-0.2, 0) is 28.5 Å². The van der Waals surface area contributed by atoms with Gasteiger partial charge in [0.25, 0.3) is 0 Å². The first-order chi connectivity index (χ1) is 7.93. The topological polar surface area (TPSA) is 71.1 Å². The summed E-state index contributed by atoms with van der Waals surface area (Å²) in [5.74, 6) is -0.852. The number of carbonyl (C=O) groups excluding carboxylic acids is 2. The lowest BCUT2D eigenvalue weighted by Gasteiger charge is -2.38. The third kappa shape index (κ3) is 3.98. The molecule has 0 unspecified atom stereocenters. The summed E-state index contributed by atoms with van der Waals surface area (Å²) in [6, 6.07) is 0. The number of carbonyl (C=O) groups is 2. The van der Waals surface area contributed by atoms with Crippen LogP contribution in [0.1, 0.15) is 27.2 Å². The van der Waals surface area contributed by atoms with E-state index in [1.54, 1.807) is 6.92 Å². The zero-order chi connectivity index (χ0) is 13.0. The van der Waals surface area contributed by atoms with Crippen molar-refractivity contribution >= 4 is 11.9 Å². The lowest BCUT2D eigenvalue weighted by Crippen LogP contribution is -2.51. The fraction of sp³-hybridized carbons (Fsp3) is 0.818. The molecule has 1 aliphatic heterocycles.